The topological polar surface area (TPSA) is 47.6 Å². The molecule has 0 radical (unpaired) electrons. The fourth-order valence-electron chi connectivity index (χ4n) is 1.91. The van der Waals surface area contributed by atoms with Gasteiger partial charge in [0.15, 0.2) is 0 Å². The predicted octanol–water partition coefficient (Wildman–Crippen LogP) is 3.99. The zero-order valence-electron chi connectivity index (χ0n) is 36.5. The minimum atomic E-state index is -4.33. The predicted molar refractivity (Wildman–Crippen MR) is 113 cm³/mol. The molecule has 1 aliphatic heterocycles. The van der Waals surface area contributed by atoms with Crippen molar-refractivity contribution in [3.8, 4) is 0 Å². The van der Waals surface area contributed by atoms with E-state index in [2.05, 4.69) is 0 Å². The van der Waals surface area contributed by atoms with Gasteiger partial charge >= 0.3 is 6.03 Å². The van der Waals surface area contributed by atoms with Crippen molar-refractivity contribution < 1.29 is 36.3 Å². The summed E-state index contributed by atoms with van der Waals surface area (Å²) in [5, 5.41) is 1.66. The van der Waals surface area contributed by atoms with Crippen LogP contribution in [0.3, 0.4) is 0 Å². The quantitative estimate of drug-likeness (QED) is 0.734. The summed E-state index contributed by atoms with van der Waals surface area (Å²) in [6.07, 6.45) is -19.5. The minimum Gasteiger partial charge on any atom is -0.368 e. The van der Waals surface area contributed by atoms with Crippen molar-refractivity contribution in [3.63, 3.8) is 0 Å². The van der Waals surface area contributed by atoms with Gasteiger partial charge in [0, 0.05) is 63.7 Å². The summed E-state index contributed by atoms with van der Waals surface area (Å²) < 4.78 is 194. The van der Waals surface area contributed by atoms with Gasteiger partial charge in [-0.05, 0) is 56.4 Å². The number of nitrogens with zero attached hydrogens (tertiary/aromatic N) is 2. The van der Waals surface area contributed by atoms with E-state index in [1.165, 1.54) is 16.7 Å². The number of halogens is 2. The molecular formula is C20H30Cl2N4O. The summed E-state index contributed by atoms with van der Waals surface area (Å²) >= 11 is 12.1. The first kappa shape index (κ1) is 6.16. The summed E-state index contributed by atoms with van der Waals surface area (Å²) in [6.45, 7) is -23.3. The smallest absolute Gasteiger partial charge is 0.314 e. The van der Waals surface area contributed by atoms with E-state index in [9.17, 15) is 4.79 Å². The molecule has 0 spiro atoms. The molecule has 0 atom stereocenters. The molecule has 150 valence electrons. The molecule has 1 saturated carbocycles. The number of nitrogens with one attached hydrogen (secondary N) is 2. The highest BCUT2D eigenvalue weighted by atomic mass is 35.5. The molecule has 3 rings (SSSR count). The van der Waals surface area contributed by atoms with Crippen LogP contribution in [0, 0.1) is 5.89 Å². The molecule has 1 aliphatic carbocycles. The number of anilines is 1. The fraction of sp³-hybridized carbons (Fsp3) is 0.650. The maximum Gasteiger partial charge on any atom is 0.314 e. The van der Waals surface area contributed by atoms with Gasteiger partial charge in [-0.2, -0.15) is 0 Å². The van der Waals surface area contributed by atoms with Crippen LogP contribution in [-0.4, -0.2) is 56.4 Å². The van der Waals surface area contributed by atoms with Crippen molar-refractivity contribution in [2.45, 2.75) is 37.9 Å². The number of carbonyl (C=O) groups excluding carboxylic acids is 1. The average molecular weight is 437 g/mol. The molecule has 2 fully saturated rings. The monoisotopic (exact) mass is 435 g/mol. The van der Waals surface area contributed by atoms with Gasteiger partial charge in [0.05, 0.1) is 22.6 Å². The maximum atomic E-state index is 12.4. The standard InChI is InChI=1S/C20H30Cl2N4O/c1-23-20(27)24-16-7-5-15(6-8-16)9-10-25-11-13-26(14-12-25)18-4-2-3-17(21)19(18)22/h2-4,15-16H,5-14H2,1H3,(H2,23,24,27)/i1D3,5D2,6D2,7D2,8D2,10D2,11D2,12D2,13D2,14D2,15D,16D. The Morgan fingerprint density at radius 2 is 2.04 bits per heavy atom. The number of rotatable bonds is 5. The highest BCUT2D eigenvalue weighted by molar-refractivity contribution is 6.43. The average Bonchev–Trinajstić information content (AvgIpc) is 2.86. The number of hydrogen-bond donors (Lipinski definition) is 2. The van der Waals surface area contributed by atoms with Crippen LogP contribution >= 0.6 is 23.2 Å². The molecule has 1 aromatic carbocycles. The van der Waals surface area contributed by atoms with E-state index in [0.717, 1.165) is 12.1 Å². The van der Waals surface area contributed by atoms with E-state index < -0.39 is 105 Å². The number of amides is 2. The van der Waals surface area contributed by atoms with Crippen LogP contribution in [0.5, 0.6) is 0 Å². The Labute approximate surface area is 204 Å². The van der Waals surface area contributed by atoms with Gasteiger partial charge in [0.2, 0.25) is 0 Å². The second-order valence-electron chi connectivity index (χ2n) is 4.96. The lowest BCUT2D eigenvalue weighted by Gasteiger charge is -2.37. The van der Waals surface area contributed by atoms with Gasteiger partial charge in [0.1, 0.15) is 0 Å². The number of carbonyl (C=O) groups is 1. The summed E-state index contributed by atoms with van der Waals surface area (Å²) in [5.41, 5.74) is -0.692. The Hall–Kier alpha value is -1.17. The van der Waals surface area contributed by atoms with E-state index in [0.29, 0.717) is 0 Å². The van der Waals surface area contributed by atoms with Gasteiger partial charge in [-0.15, -0.1) is 0 Å². The lowest BCUT2D eigenvalue weighted by molar-refractivity contribution is 0.206. The lowest BCUT2D eigenvalue weighted by Crippen LogP contribution is -2.47. The molecule has 2 aliphatic rings. The van der Waals surface area contributed by atoms with Gasteiger partial charge in [0.25, 0.3) is 0 Å². The van der Waals surface area contributed by atoms with E-state index >= 15 is 0 Å². The molecule has 7 heteroatoms. The number of piperazine rings is 1. The second kappa shape index (κ2) is 9.85. The molecule has 27 heavy (non-hydrogen) atoms. The number of benzene rings is 1. The van der Waals surface area contributed by atoms with E-state index in [1.807, 2.05) is 0 Å². The zero-order chi connectivity index (χ0) is 39.7. The van der Waals surface area contributed by atoms with Gasteiger partial charge in [-0.25, -0.2) is 4.79 Å². The number of hydrogen-bond acceptors (Lipinski definition) is 3. The first-order valence-corrected chi connectivity index (χ1v) is 8.13. The van der Waals surface area contributed by atoms with Crippen LogP contribution in [0.4, 0.5) is 10.5 Å². The Kier molecular flexibility index (Phi) is 2.25. The van der Waals surface area contributed by atoms with Gasteiger partial charge < -0.3 is 15.5 Å². The second-order valence-corrected chi connectivity index (χ2v) is 5.74. The SMILES string of the molecule is [2H]C([2H])([2H])NC(=O)NC1([2H])C([2H])([2H])C([2H])([2H])C([2H])(CC([2H])([2H])N2C([2H])([2H])C([2H])([2H])N(c3cccc(Cl)c3Cl)C([2H])([2H])C2([2H])[2H])C([2H])([2H])C1([2H])[2H]. The van der Waals surface area contributed by atoms with Crippen molar-refractivity contribution in [3.05, 3.63) is 28.2 Å². The van der Waals surface area contributed by atoms with Crippen LogP contribution in [0.2, 0.25) is 10.0 Å². The normalized spacial score (nSPS) is 57.9. The van der Waals surface area contributed by atoms with Crippen LogP contribution in [0.1, 0.15) is 63.4 Å². The van der Waals surface area contributed by atoms with E-state index in [-0.39, 0.29) is 9.92 Å². The Morgan fingerprint density at radius 3 is 2.74 bits per heavy atom. The molecule has 2 amide bonds. The van der Waals surface area contributed by atoms with Crippen molar-refractivity contribution in [1.29, 1.82) is 0 Å². The van der Waals surface area contributed by atoms with Crippen LogP contribution in [-0.2, 0) is 0 Å². The molecule has 1 saturated heterocycles. The van der Waals surface area contributed by atoms with Gasteiger partial charge in [-0.3, -0.25) is 4.90 Å². The molecule has 0 aromatic heterocycles. The van der Waals surface area contributed by atoms with Gasteiger partial charge in [-0.1, -0.05) is 29.3 Å². The third kappa shape index (κ3) is 5.66. The zero-order valence-corrected chi connectivity index (χ0v) is 15.0. The molecule has 1 aromatic rings. The maximum absolute atomic E-state index is 12.4. The largest absolute Gasteiger partial charge is 0.368 e. The molecule has 0 bridgehead atoms. The van der Waals surface area contributed by atoms with E-state index in [4.69, 9.17) is 54.7 Å². The third-order valence-electron chi connectivity index (χ3n) is 3.16. The van der Waals surface area contributed by atoms with Crippen molar-refractivity contribution >= 4 is 34.9 Å². The van der Waals surface area contributed by atoms with Crippen LogP contribution in [0.25, 0.3) is 0 Å². The van der Waals surface area contributed by atoms with Crippen molar-refractivity contribution in [1.82, 2.24) is 15.5 Å². The van der Waals surface area contributed by atoms with Crippen LogP contribution in [0.15, 0.2) is 18.2 Å². The highest BCUT2D eigenvalue weighted by Gasteiger charge is 2.24. The first-order valence-electron chi connectivity index (χ1n) is 18.9. The van der Waals surface area contributed by atoms with Crippen molar-refractivity contribution in [2.24, 2.45) is 5.89 Å². The van der Waals surface area contributed by atoms with Crippen LogP contribution < -0.4 is 15.5 Å². The summed E-state index contributed by atoms with van der Waals surface area (Å²) in [6, 6.07) is -2.84. The molecule has 0 unspecified atom stereocenters. The van der Waals surface area contributed by atoms with E-state index in [1.54, 1.807) is 0 Å². The minimum absolute atomic E-state index is 0.0852. The fourth-order valence-corrected chi connectivity index (χ4v) is 2.29. The Balaban J connectivity index is 2.28. The third-order valence-corrected chi connectivity index (χ3v) is 3.97. The lowest BCUT2D eigenvalue weighted by atomic mass is 9.84. The van der Waals surface area contributed by atoms with Crippen molar-refractivity contribution in [2.75, 3.05) is 44.4 Å². The molecule has 5 nitrogen and oxygen atoms in total. The highest BCUT2D eigenvalue weighted by Crippen LogP contribution is 2.33. The molecule has 1 heterocycles. The Bertz CT molecular complexity index is 1480. The summed E-state index contributed by atoms with van der Waals surface area (Å²) in [4.78, 5) is 11.6. The number of urea groups is 1. The molecular weight excluding hydrogens is 383 g/mol. The molecule has 2 N–H and O–H groups in total. The summed E-state index contributed by atoms with van der Waals surface area (Å²) in [5.74, 6) is -4.19. The summed E-state index contributed by atoms with van der Waals surface area (Å²) in [7, 11) is 0. The Morgan fingerprint density at radius 1 is 1.30 bits per heavy atom. The first-order chi connectivity index (χ1) is 21.7.